The summed E-state index contributed by atoms with van der Waals surface area (Å²) in [5, 5.41) is 0.651. The number of benzene rings is 2. The number of hydrogen-bond donors (Lipinski definition) is 0. The van der Waals surface area contributed by atoms with Crippen molar-refractivity contribution >= 4 is 28.9 Å². The van der Waals surface area contributed by atoms with Crippen molar-refractivity contribution in [2.75, 3.05) is 18.5 Å². The molecule has 166 valence electrons. The SMILES string of the molecule is CCCCCCCCC(C)(C)c1ccccc1C1=NCC(=O)N(C)c2ccc(Cl)cc21. The van der Waals surface area contributed by atoms with Crippen LogP contribution in [-0.2, 0) is 10.2 Å². The highest BCUT2D eigenvalue weighted by Crippen LogP contribution is 2.36. The molecule has 0 bridgehead atoms. The molecular formula is C27H35ClN2O. The van der Waals surface area contributed by atoms with E-state index < -0.39 is 0 Å². The first-order valence-electron chi connectivity index (χ1n) is 11.6. The average molecular weight is 439 g/mol. The molecule has 0 fully saturated rings. The van der Waals surface area contributed by atoms with Gasteiger partial charge in [-0.2, -0.15) is 0 Å². The number of anilines is 1. The van der Waals surface area contributed by atoms with Crippen molar-refractivity contribution < 1.29 is 4.79 Å². The summed E-state index contributed by atoms with van der Waals surface area (Å²) in [6.45, 7) is 7.05. The molecule has 3 rings (SSSR count). The van der Waals surface area contributed by atoms with E-state index >= 15 is 0 Å². The predicted molar refractivity (Wildman–Crippen MR) is 133 cm³/mol. The third-order valence-corrected chi connectivity index (χ3v) is 6.62. The fourth-order valence-corrected chi connectivity index (χ4v) is 4.63. The fraction of sp³-hybridized carbons (Fsp3) is 0.481. The Kier molecular flexibility index (Phi) is 7.94. The monoisotopic (exact) mass is 438 g/mol. The lowest BCUT2D eigenvalue weighted by atomic mass is 9.76. The van der Waals surface area contributed by atoms with Crippen molar-refractivity contribution in [1.82, 2.24) is 0 Å². The maximum Gasteiger partial charge on any atom is 0.248 e. The van der Waals surface area contributed by atoms with Gasteiger partial charge in [0.15, 0.2) is 0 Å². The van der Waals surface area contributed by atoms with Gasteiger partial charge in [0.25, 0.3) is 0 Å². The lowest BCUT2D eigenvalue weighted by Gasteiger charge is -2.29. The Hall–Kier alpha value is -2.13. The van der Waals surface area contributed by atoms with Crippen molar-refractivity contribution in [1.29, 1.82) is 0 Å². The second kappa shape index (κ2) is 10.5. The van der Waals surface area contributed by atoms with E-state index in [2.05, 4.69) is 45.0 Å². The first kappa shape index (κ1) is 23.5. The molecule has 0 N–H and O–H groups in total. The first-order chi connectivity index (χ1) is 14.8. The highest BCUT2D eigenvalue weighted by atomic mass is 35.5. The van der Waals surface area contributed by atoms with Crippen molar-refractivity contribution in [2.24, 2.45) is 4.99 Å². The molecule has 4 heteroatoms. The van der Waals surface area contributed by atoms with Gasteiger partial charge in [0.1, 0.15) is 6.54 Å². The van der Waals surface area contributed by atoms with Gasteiger partial charge >= 0.3 is 0 Å². The van der Waals surface area contributed by atoms with Gasteiger partial charge in [0, 0.05) is 23.2 Å². The smallest absolute Gasteiger partial charge is 0.248 e. The first-order valence-corrected chi connectivity index (χ1v) is 11.9. The van der Waals surface area contributed by atoms with Crippen LogP contribution in [0.25, 0.3) is 0 Å². The largest absolute Gasteiger partial charge is 0.313 e. The summed E-state index contributed by atoms with van der Waals surface area (Å²) in [5.41, 5.74) is 5.04. The van der Waals surface area contributed by atoms with E-state index in [1.807, 2.05) is 25.2 Å². The van der Waals surface area contributed by atoms with Gasteiger partial charge in [-0.25, -0.2) is 0 Å². The van der Waals surface area contributed by atoms with Crippen LogP contribution in [0.3, 0.4) is 0 Å². The van der Waals surface area contributed by atoms with Crippen molar-refractivity contribution in [3.8, 4) is 0 Å². The number of halogens is 1. The molecule has 0 saturated heterocycles. The molecule has 0 atom stereocenters. The summed E-state index contributed by atoms with van der Waals surface area (Å²) in [7, 11) is 1.81. The molecule has 1 heterocycles. The quantitative estimate of drug-likeness (QED) is 0.381. The van der Waals surface area contributed by atoms with Crippen LogP contribution in [0.5, 0.6) is 0 Å². The van der Waals surface area contributed by atoms with Crippen molar-refractivity contribution in [2.45, 2.75) is 71.1 Å². The van der Waals surface area contributed by atoms with Crippen LogP contribution in [0.1, 0.15) is 82.4 Å². The number of carbonyl (C=O) groups excluding carboxylic acids is 1. The van der Waals surface area contributed by atoms with E-state index in [-0.39, 0.29) is 17.9 Å². The molecular weight excluding hydrogens is 404 g/mol. The summed E-state index contributed by atoms with van der Waals surface area (Å²) in [6.07, 6.45) is 8.91. The highest BCUT2D eigenvalue weighted by Gasteiger charge is 2.28. The maximum absolute atomic E-state index is 12.6. The number of nitrogens with zero attached hydrogens (tertiary/aromatic N) is 2. The van der Waals surface area contributed by atoms with Crippen molar-refractivity contribution in [3.63, 3.8) is 0 Å². The predicted octanol–water partition coefficient (Wildman–Crippen LogP) is 7.18. The van der Waals surface area contributed by atoms with Crippen LogP contribution in [0.2, 0.25) is 5.02 Å². The Morgan fingerprint density at radius 2 is 1.71 bits per heavy atom. The van der Waals surface area contributed by atoms with E-state index in [1.165, 1.54) is 44.1 Å². The third kappa shape index (κ3) is 5.57. The zero-order chi connectivity index (χ0) is 22.4. The highest BCUT2D eigenvalue weighted by molar-refractivity contribution is 6.32. The zero-order valence-electron chi connectivity index (χ0n) is 19.4. The number of carbonyl (C=O) groups is 1. The zero-order valence-corrected chi connectivity index (χ0v) is 20.1. The van der Waals surface area contributed by atoms with Crippen LogP contribution >= 0.6 is 11.6 Å². The van der Waals surface area contributed by atoms with Gasteiger partial charge in [0.05, 0.1) is 11.4 Å². The normalized spacial score (nSPS) is 14.3. The number of fused-ring (bicyclic) bond motifs is 1. The van der Waals surface area contributed by atoms with Crippen molar-refractivity contribution in [3.05, 3.63) is 64.2 Å². The molecule has 1 amide bonds. The molecule has 2 aromatic rings. The molecule has 1 aliphatic heterocycles. The minimum Gasteiger partial charge on any atom is -0.313 e. The van der Waals surface area contributed by atoms with E-state index in [0.29, 0.717) is 5.02 Å². The third-order valence-electron chi connectivity index (χ3n) is 6.39. The standard InChI is InChI=1S/C27H35ClN2O/c1-5-6-7-8-9-12-17-27(2,3)23-14-11-10-13-21(23)26-22-18-20(28)15-16-24(22)30(4)25(31)19-29-26/h10-11,13-16,18H,5-9,12,17,19H2,1-4H3. The molecule has 0 aliphatic carbocycles. The fourth-order valence-electron chi connectivity index (χ4n) is 4.45. The summed E-state index contributed by atoms with van der Waals surface area (Å²) >= 11 is 6.36. The van der Waals surface area contributed by atoms with E-state index in [4.69, 9.17) is 16.6 Å². The molecule has 0 aromatic heterocycles. The molecule has 0 unspecified atom stereocenters. The van der Waals surface area contributed by atoms with Gasteiger partial charge in [-0.3, -0.25) is 9.79 Å². The summed E-state index contributed by atoms with van der Waals surface area (Å²) in [5.74, 6) is -0.0117. The average Bonchev–Trinajstić information content (AvgIpc) is 2.87. The number of hydrogen-bond acceptors (Lipinski definition) is 2. The number of rotatable bonds is 9. The topological polar surface area (TPSA) is 32.7 Å². The van der Waals surface area contributed by atoms with Crippen LogP contribution < -0.4 is 4.90 Å². The lowest BCUT2D eigenvalue weighted by molar-refractivity contribution is -0.116. The van der Waals surface area contributed by atoms with Gasteiger partial charge in [0.2, 0.25) is 5.91 Å². The van der Waals surface area contributed by atoms with Gasteiger partial charge in [-0.05, 0) is 35.6 Å². The molecule has 0 spiro atoms. The van der Waals surface area contributed by atoms with Gasteiger partial charge in [-0.1, -0.05) is 95.2 Å². The Morgan fingerprint density at radius 3 is 2.48 bits per heavy atom. The Bertz CT molecular complexity index is 948. The van der Waals surface area contributed by atoms with Gasteiger partial charge in [-0.15, -0.1) is 0 Å². The molecule has 2 aromatic carbocycles. The molecule has 3 nitrogen and oxygen atoms in total. The number of likely N-dealkylation sites (N-methyl/N-ethyl adjacent to an activating group) is 1. The van der Waals surface area contributed by atoms with Crippen LogP contribution in [0, 0.1) is 0 Å². The van der Waals surface area contributed by atoms with Gasteiger partial charge < -0.3 is 4.90 Å². The van der Waals surface area contributed by atoms with E-state index in [9.17, 15) is 4.79 Å². The second-order valence-corrected chi connectivity index (χ2v) is 9.66. The summed E-state index contributed by atoms with van der Waals surface area (Å²) in [6, 6.07) is 14.2. The lowest BCUT2D eigenvalue weighted by Crippen LogP contribution is -2.27. The molecule has 31 heavy (non-hydrogen) atoms. The molecule has 0 saturated carbocycles. The number of aliphatic imine (C=N–C) groups is 1. The Labute approximate surface area is 192 Å². The van der Waals surface area contributed by atoms with Crippen LogP contribution in [0.4, 0.5) is 5.69 Å². The molecule has 0 radical (unpaired) electrons. The minimum absolute atomic E-state index is 0.0117. The summed E-state index contributed by atoms with van der Waals surface area (Å²) < 4.78 is 0. The Balaban J connectivity index is 1.93. The van der Waals surface area contributed by atoms with E-state index in [0.717, 1.165) is 28.9 Å². The summed E-state index contributed by atoms with van der Waals surface area (Å²) in [4.78, 5) is 19.0. The second-order valence-electron chi connectivity index (χ2n) is 9.23. The number of amides is 1. The molecule has 1 aliphatic rings. The van der Waals surface area contributed by atoms with Crippen LogP contribution in [-0.4, -0.2) is 25.2 Å². The Morgan fingerprint density at radius 1 is 1.00 bits per heavy atom. The van der Waals surface area contributed by atoms with E-state index in [1.54, 1.807) is 4.90 Å². The minimum atomic E-state index is -0.0117. The maximum atomic E-state index is 12.6. The number of benzodiazepines with no additional fused rings is 1. The number of unbranched alkanes of at least 4 members (excludes halogenated alkanes) is 5. The van der Waals surface area contributed by atoms with Crippen LogP contribution in [0.15, 0.2) is 47.5 Å².